The average molecular weight is 189 g/mol. The second-order valence-corrected chi connectivity index (χ2v) is 3.42. The van der Waals surface area contributed by atoms with Gasteiger partial charge in [-0.3, -0.25) is 4.79 Å². The predicted octanol–water partition coefficient (Wildman–Crippen LogP) is 3.00. The Morgan fingerprint density at radius 1 is 1.29 bits per heavy atom. The van der Waals surface area contributed by atoms with Gasteiger partial charge in [0, 0.05) is 5.56 Å². The quantitative estimate of drug-likeness (QED) is 0.574. The van der Waals surface area contributed by atoms with Gasteiger partial charge in [-0.1, -0.05) is 43.2 Å². The first-order valence-electron chi connectivity index (χ1n) is 4.84. The van der Waals surface area contributed by atoms with Gasteiger partial charge >= 0.3 is 0 Å². The molecule has 0 amide bonds. The molecular weight excluding hydrogens is 174 g/mol. The van der Waals surface area contributed by atoms with E-state index < -0.39 is 0 Å². The Bertz CT molecular complexity index is 338. The first kappa shape index (κ1) is 10.6. The Balaban J connectivity index is 2.79. The fourth-order valence-electron chi connectivity index (χ4n) is 1.24. The van der Waals surface area contributed by atoms with Gasteiger partial charge < -0.3 is 5.41 Å². The van der Waals surface area contributed by atoms with Crippen molar-refractivity contribution in [3.8, 4) is 0 Å². The number of nitrogens with one attached hydrogen (secondary N) is 1. The summed E-state index contributed by atoms with van der Waals surface area (Å²) in [6, 6.07) is 7.35. The predicted molar refractivity (Wildman–Crippen MR) is 58.1 cm³/mol. The minimum absolute atomic E-state index is 0.146. The Morgan fingerprint density at radius 3 is 2.36 bits per heavy atom. The van der Waals surface area contributed by atoms with E-state index in [9.17, 15) is 4.79 Å². The van der Waals surface area contributed by atoms with E-state index in [1.54, 1.807) is 12.1 Å². The van der Waals surface area contributed by atoms with Crippen LogP contribution in [0.25, 0.3) is 0 Å². The van der Waals surface area contributed by atoms with Gasteiger partial charge in [0.05, 0.1) is 5.71 Å². The molecule has 0 saturated carbocycles. The molecule has 1 rings (SSSR count). The van der Waals surface area contributed by atoms with Crippen LogP contribution in [0.4, 0.5) is 0 Å². The highest BCUT2D eigenvalue weighted by atomic mass is 16.1. The van der Waals surface area contributed by atoms with Gasteiger partial charge in [-0.25, -0.2) is 0 Å². The molecule has 1 aromatic rings. The topological polar surface area (TPSA) is 40.9 Å². The van der Waals surface area contributed by atoms with Crippen molar-refractivity contribution in [1.29, 1.82) is 5.41 Å². The lowest BCUT2D eigenvalue weighted by molar-refractivity contribution is 0.106. The van der Waals surface area contributed by atoms with Gasteiger partial charge in [0.2, 0.25) is 5.78 Å². The molecule has 0 bridgehead atoms. The molecule has 0 spiro atoms. The van der Waals surface area contributed by atoms with Crippen LogP contribution in [-0.4, -0.2) is 11.5 Å². The number of aryl methyl sites for hydroxylation is 1. The van der Waals surface area contributed by atoms with Gasteiger partial charge in [0.15, 0.2) is 0 Å². The maximum absolute atomic E-state index is 11.6. The van der Waals surface area contributed by atoms with Crippen LogP contribution in [0.3, 0.4) is 0 Å². The Morgan fingerprint density at radius 2 is 1.86 bits per heavy atom. The zero-order valence-corrected chi connectivity index (χ0v) is 8.63. The van der Waals surface area contributed by atoms with Crippen molar-refractivity contribution in [1.82, 2.24) is 0 Å². The number of hydrogen-bond donors (Lipinski definition) is 1. The normalized spacial score (nSPS) is 9.86. The van der Waals surface area contributed by atoms with E-state index >= 15 is 0 Å². The maximum Gasteiger partial charge on any atom is 0.206 e. The van der Waals surface area contributed by atoms with Crippen molar-refractivity contribution < 1.29 is 4.79 Å². The van der Waals surface area contributed by atoms with Crippen LogP contribution in [0.1, 0.15) is 35.7 Å². The van der Waals surface area contributed by atoms with Crippen molar-refractivity contribution in [2.45, 2.75) is 26.7 Å². The van der Waals surface area contributed by atoms with E-state index in [-0.39, 0.29) is 11.5 Å². The van der Waals surface area contributed by atoms with Crippen molar-refractivity contribution in [2.24, 2.45) is 0 Å². The SMILES string of the molecule is CCCC(=N)C(=O)c1ccc(C)cc1. The largest absolute Gasteiger partial charge is 0.301 e. The summed E-state index contributed by atoms with van der Waals surface area (Å²) >= 11 is 0. The number of carbonyl (C=O) groups excluding carboxylic acids is 1. The standard InChI is InChI=1S/C12H15NO/c1-3-4-11(13)12(14)10-7-5-9(2)6-8-10/h5-8,13H,3-4H2,1-2H3. The lowest BCUT2D eigenvalue weighted by Gasteiger charge is -2.01. The summed E-state index contributed by atoms with van der Waals surface area (Å²) < 4.78 is 0. The second kappa shape index (κ2) is 4.70. The van der Waals surface area contributed by atoms with Gasteiger partial charge in [-0.05, 0) is 13.3 Å². The zero-order chi connectivity index (χ0) is 10.6. The molecule has 0 atom stereocenters. The number of Topliss-reactive ketones (excluding diaryl/α,β-unsaturated/α-hetero) is 1. The lowest BCUT2D eigenvalue weighted by Crippen LogP contribution is -2.12. The summed E-state index contributed by atoms with van der Waals surface area (Å²) in [5.74, 6) is -0.146. The van der Waals surface area contributed by atoms with Crippen LogP contribution in [0, 0.1) is 12.3 Å². The highest BCUT2D eigenvalue weighted by Crippen LogP contribution is 2.06. The van der Waals surface area contributed by atoms with Crippen molar-refractivity contribution in [3.63, 3.8) is 0 Å². The fourth-order valence-corrected chi connectivity index (χ4v) is 1.24. The third-order valence-corrected chi connectivity index (χ3v) is 2.09. The van der Waals surface area contributed by atoms with Crippen LogP contribution in [0.15, 0.2) is 24.3 Å². The van der Waals surface area contributed by atoms with E-state index in [4.69, 9.17) is 5.41 Å². The van der Waals surface area contributed by atoms with Crippen LogP contribution in [-0.2, 0) is 0 Å². The molecule has 0 aromatic heterocycles. The summed E-state index contributed by atoms with van der Waals surface area (Å²) in [6.07, 6.45) is 1.41. The van der Waals surface area contributed by atoms with Crippen molar-refractivity contribution in [2.75, 3.05) is 0 Å². The van der Waals surface area contributed by atoms with Crippen LogP contribution >= 0.6 is 0 Å². The molecule has 74 valence electrons. The molecule has 0 unspecified atom stereocenters. The minimum Gasteiger partial charge on any atom is -0.301 e. The van der Waals surface area contributed by atoms with E-state index in [2.05, 4.69) is 0 Å². The van der Waals surface area contributed by atoms with Crippen molar-refractivity contribution in [3.05, 3.63) is 35.4 Å². The molecule has 1 aromatic carbocycles. The van der Waals surface area contributed by atoms with Crippen molar-refractivity contribution >= 4 is 11.5 Å². The molecule has 2 heteroatoms. The third-order valence-electron chi connectivity index (χ3n) is 2.09. The summed E-state index contributed by atoms with van der Waals surface area (Å²) in [5.41, 5.74) is 1.95. The first-order chi connectivity index (χ1) is 6.65. The Hall–Kier alpha value is -1.44. The minimum atomic E-state index is -0.146. The smallest absolute Gasteiger partial charge is 0.206 e. The molecule has 0 heterocycles. The fraction of sp³-hybridized carbons (Fsp3) is 0.333. The summed E-state index contributed by atoms with van der Waals surface area (Å²) in [6.45, 7) is 3.95. The molecule has 0 radical (unpaired) electrons. The van der Waals surface area contributed by atoms with Gasteiger partial charge in [0.1, 0.15) is 0 Å². The van der Waals surface area contributed by atoms with Gasteiger partial charge in [-0.2, -0.15) is 0 Å². The van der Waals surface area contributed by atoms with Crippen LogP contribution < -0.4 is 0 Å². The third kappa shape index (κ3) is 2.52. The molecule has 14 heavy (non-hydrogen) atoms. The monoisotopic (exact) mass is 189 g/mol. The lowest BCUT2D eigenvalue weighted by atomic mass is 10.0. The highest BCUT2D eigenvalue weighted by molar-refractivity contribution is 6.44. The Kier molecular flexibility index (Phi) is 3.57. The number of hydrogen-bond acceptors (Lipinski definition) is 2. The molecule has 1 N–H and O–H groups in total. The van der Waals surface area contributed by atoms with E-state index in [1.807, 2.05) is 26.0 Å². The van der Waals surface area contributed by atoms with Crippen LogP contribution in [0.2, 0.25) is 0 Å². The average Bonchev–Trinajstić information content (AvgIpc) is 2.18. The van der Waals surface area contributed by atoms with Crippen LogP contribution in [0.5, 0.6) is 0 Å². The molecule has 0 fully saturated rings. The summed E-state index contributed by atoms with van der Waals surface area (Å²) in [4.78, 5) is 11.6. The molecule has 0 aliphatic rings. The molecular formula is C12H15NO. The first-order valence-corrected chi connectivity index (χ1v) is 4.84. The van der Waals surface area contributed by atoms with Gasteiger partial charge in [0.25, 0.3) is 0 Å². The van der Waals surface area contributed by atoms with E-state index in [1.165, 1.54) is 0 Å². The number of ketones is 1. The number of benzene rings is 1. The van der Waals surface area contributed by atoms with Gasteiger partial charge in [-0.15, -0.1) is 0 Å². The molecule has 0 aliphatic carbocycles. The maximum atomic E-state index is 11.6. The zero-order valence-electron chi connectivity index (χ0n) is 8.63. The summed E-state index contributed by atoms with van der Waals surface area (Å²) in [5, 5.41) is 7.54. The number of carbonyl (C=O) groups is 1. The summed E-state index contributed by atoms with van der Waals surface area (Å²) in [7, 11) is 0. The highest BCUT2D eigenvalue weighted by Gasteiger charge is 2.10. The molecule has 2 nitrogen and oxygen atoms in total. The Labute approximate surface area is 84.5 Å². The second-order valence-electron chi connectivity index (χ2n) is 3.42. The van der Waals surface area contributed by atoms with E-state index in [0.717, 1.165) is 12.0 Å². The number of rotatable bonds is 4. The molecule has 0 saturated heterocycles. The van der Waals surface area contributed by atoms with E-state index in [0.29, 0.717) is 12.0 Å². The molecule has 0 aliphatic heterocycles.